The van der Waals surface area contributed by atoms with Crippen LogP contribution < -0.4 is 5.73 Å². The lowest BCUT2D eigenvalue weighted by Gasteiger charge is -2.40. The Morgan fingerprint density at radius 1 is 1.53 bits per heavy atom. The zero-order chi connectivity index (χ0) is 12.4. The van der Waals surface area contributed by atoms with Crippen molar-refractivity contribution in [3.8, 4) is 0 Å². The van der Waals surface area contributed by atoms with E-state index in [9.17, 15) is 0 Å². The Morgan fingerprint density at radius 3 is 2.82 bits per heavy atom. The summed E-state index contributed by atoms with van der Waals surface area (Å²) < 4.78 is 2.35. The molecule has 0 radical (unpaired) electrons. The first-order valence-electron chi connectivity index (χ1n) is 6.06. The molecule has 1 fully saturated rings. The van der Waals surface area contributed by atoms with Gasteiger partial charge in [-0.05, 0) is 76.3 Å². The van der Waals surface area contributed by atoms with Crippen molar-refractivity contribution >= 4 is 43.2 Å². The van der Waals surface area contributed by atoms with Gasteiger partial charge in [0.2, 0.25) is 0 Å². The Labute approximate surface area is 124 Å². The molecule has 17 heavy (non-hydrogen) atoms. The Balaban J connectivity index is 2.29. The van der Waals surface area contributed by atoms with Gasteiger partial charge < -0.3 is 5.73 Å². The summed E-state index contributed by atoms with van der Waals surface area (Å²) in [6.07, 6.45) is 2.53. The molecule has 1 saturated heterocycles. The first-order chi connectivity index (χ1) is 8.17. The van der Waals surface area contributed by atoms with Gasteiger partial charge in [0.1, 0.15) is 0 Å². The lowest BCUT2D eigenvalue weighted by Crippen LogP contribution is -2.41. The summed E-state index contributed by atoms with van der Waals surface area (Å²) in [4.78, 5) is 3.99. The van der Waals surface area contributed by atoms with Crippen LogP contribution in [0.15, 0.2) is 14.3 Å². The van der Waals surface area contributed by atoms with Gasteiger partial charge in [-0.1, -0.05) is 6.92 Å². The molecule has 0 spiro atoms. The minimum Gasteiger partial charge on any atom is -0.330 e. The molecule has 1 aromatic rings. The second kappa shape index (κ2) is 6.15. The SMILES string of the molecule is CCN1CCCC(CN)C1c1cc(Br)c(Br)s1. The number of nitrogens with two attached hydrogens (primary N) is 1. The van der Waals surface area contributed by atoms with E-state index >= 15 is 0 Å². The summed E-state index contributed by atoms with van der Waals surface area (Å²) in [5, 5.41) is 0. The van der Waals surface area contributed by atoms with Crippen molar-refractivity contribution < 1.29 is 0 Å². The van der Waals surface area contributed by atoms with Gasteiger partial charge >= 0.3 is 0 Å². The van der Waals surface area contributed by atoms with Crippen LogP contribution in [-0.4, -0.2) is 24.5 Å². The smallest absolute Gasteiger partial charge is 0.0843 e. The predicted molar refractivity (Wildman–Crippen MR) is 81.5 cm³/mol. The molecule has 0 aliphatic carbocycles. The number of thiophene rings is 1. The second-order valence-electron chi connectivity index (χ2n) is 4.48. The average Bonchev–Trinajstić information content (AvgIpc) is 2.68. The second-order valence-corrected chi connectivity index (χ2v) is 7.74. The molecular weight excluding hydrogens is 364 g/mol. The van der Waals surface area contributed by atoms with Gasteiger partial charge in [0.25, 0.3) is 0 Å². The monoisotopic (exact) mass is 380 g/mol. The van der Waals surface area contributed by atoms with E-state index in [1.165, 1.54) is 28.0 Å². The molecule has 2 N–H and O–H groups in total. The highest BCUT2D eigenvalue weighted by molar-refractivity contribution is 9.13. The fourth-order valence-electron chi connectivity index (χ4n) is 2.67. The summed E-state index contributed by atoms with van der Waals surface area (Å²) in [6.45, 7) is 5.33. The number of likely N-dealkylation sites (tertiary alicyclic amines) is 1. The largest absolute Gasteiger partial charge is 0.330 e. The van der Waals surface area contributed by atoms with Gasteiger partial charge in [-0.25, -0.2) is 0 Å². The quantitative estimate of drug-likeness (QED) is 0.857. The number of rotatable bonds is 3. The number of hydrogen-bond donors (Lipinski definition) is 1. The van der Waals surface area contributed by atoms with E-state index in [2.05, 4.69) is 49.7 Å². The summed E-state index contributed by atoms with van der Waals surface area (Å²) in [5.41, 5.74) is 5.95. The van der Waals surface area contributed by atoms with Crippen LogP contribution >= 0.6 is 43.2 Å². The molecule has 2 unspecified atom stereocenters. The molecule has 0 saturated carbocycles. The molecule has 0 amide bonds. The van der Waals surface area contributed by atoms with Gasteiger partial charge in [-0.15, -0.1) is 11.3 Å². The van der Waals surface area contributed by atoms with Crippen LogP contribution in [0.25, 0.3) is 0 Å². The standard InChI is InChI=1S/C12H18Br2N2S/c1-2-16-5-3-4-8(7-15)11(16)10-6-9(13)12(14)17-10/h6,8,11H,2-5,7,15H2,1H3. The molecule has 1 aliphatic rings. The molecule has 2 heterocycles. The van der Waals surface area contributed by atoms with E-state index < -0.39 is 0 Å². The molecule has 0 aromatic carbocycles. The first kappa shape index (κ1) is 14.0. The maximum absolute atomic E-state index is 5.95. The maximum Gasteiger partial charge on any atom is 0.0843 e. The topological polar surface area (TPSA) is 29.3 Å². The van der Waals surface area contributed by atoms with Crippen LogP contribution in [0.3, 0.4) is 0 Å². The maximum atomic E-state index is 5.95. The summed E-state index contributed by atoms with van der Waals surface area (Å²) >= 11 is 9.00. The third-order valence-corrected chi connectivity index (χ3v) is 6.85. The van der Waals surface area contributed by atoms with Crippen LogP contribution in [0, 0.1) is 5.92 Å². The van der Waals surface area contributed by atoms with E-state index in [-0.39, 0.29) is 0 Å². The lowest BCUT2D eigenvalue weighted by atomic mass is 9.88. The van der Waals surface area contributed by atoms with E-state index in [1.807, 2.05) is 11.3 Å². The van der Waals surface area contributed by atoms with Crippen LogP contribution in [0.2, 0.25) is 0 Å². The highest BCUT2D eigenvalue weighted by atomic mass is 79.9. The number of piperidine rings is 1. The minimum atomic E-state index is 0.506. The highest BCUT2D eigenvalue weighted by Crippen LogP contribution is 2.42. The molecule has 1 aliphatic heterocycles. The third kappa shape index (κ3) is 2.95. The highest BCUT2D eigenvalue weighted by Gasteiger charge is 2.32. The first-order valence-corrected chi connectivity index (χ1v) is 8.46. The Bertz CT molecular complexity index is 349. The van der Waals surface area contributed by atoms with Gasteiger partial charge in [0, 0.05) is 15.4 Å². The molecule has 0 bridgehead atoms. The van der Waals surface area contributed by atoms with Crippen LogP contribution in [0.4, 0.5) is 0 Å². The third-order valence-electron chi connectivity index (χ3n) is 3.52. The van der Waals surface area contributed by atoms with Gasteiger partial charge in [-0.3, -0.25) is 4.90 Å². The van der Waals surface area contributed by atoms with Crippen molar-refractivity contribution in [1.29, 1.82) is 0 Å². The van der Waals surface area contributed by atoms with Crippen LogP contribution in [0.5, 0.6) is 0 Å². The lowest BCUT2D eigenvalue weighted by molar-refractivity contribution is 0.105. The number of halogens is 2. The van der Waals surface area contributed by atoms with E-state index in [1.54, 1.807) is 0 Å². The van der Waals surface area contributed by atoms with E-state index in [0.717, 1.165) is 17.6 Å². The molecule has 2 atom stereocenters. The Hall–Kier alpha value is 0.580. The van der Waals surface area contributed by atoms with Crippen molar-refractivity contribution in [2.75, 3.05) is 19.6 Å². The predicted octanol–water partition coefficient (Wildman–Crippen LogP) is 4.00. The van der Waals surface area contributed by atoms with Gasteiger partial charge in [0.15, 0.2) is 0 Å². The molecule has 96 valence electrons. The Morgan fingerprint density at radius 2 is 2.29 bits per heavy atom. The van der Waals surface area contributed by atoms with Crippen molar-refractivity contribution in [3.63, 3.8) is 0 Å². The molecule has 2 rings (SSSR count). The van der Waals surface area contributed by atoms with E-state index in [4.69, 9.17) is 5.73 Å². The van der Waals surface area contributed by atoms with Crippen molar-refractivity contribution in [2.45, 2.75) is 25.8 Å². The van der Waals surface area contributed by atoms with Crippen LogP contribution in [0.1, 0.15) is 30.7 Å². The van der Waals surface area contributed by atoms with E-state index in [0.29, 0.717) is 12.0 Å². The molecular formula is C12H18Br2N2S. The molecule has 2 nitrogen and oxygen atoms in total. The fraction of sp³-hybridized carbons (Fsp3) is 0.667. The Kier molecular flexibility index (Phi) is 5.06. The van der Waals surface area contributed by atoms with Crippen molar-refractivity contribution in [2.24, 2.45) is 11.7 Å². The van der Waals surface area contributed by atoms with Gasteiger partial charge in [-0.2, -0.15) is 0 Å². The normalized spacial score (nSPS) is 26.4. The van der Waals surface area contributed by atoms with Crippen molar-refractivity contribution in [3.05, 3.63) is 19.2 Å². The zero-order valence-corrected chi connectivity index (χ0v) is 13.9. The minimum absolute atomic E-state index is 0.506. The molecule has 1 aromatic heterocycles. The summed E-state index contributed by atoms with van der Waals surface area (Å²) in [6, 6.07) is 2.75. The fourth-order valence-corrected chi connectivity index (χ4v) is 4.99. The van der Waals surface area contributed by atoms with Crippen LogP contribution in [-0.2, 0) is 0 Å². The summed E-state index contributed by atoms with van der Waals surface area (Å²) in [7, 11) is 0. The zero-order valence-electron chi connectivity index (χ0n) is 9.96. The van der Waals surface area contributed by atoms with Gasteiger partial charge in [0.05, 0.1) is 3.79 Å². The molecule has 5 heteroatoms. The van der Waals surface area contributed by atoms with Crippen molar-refractivity contribution in [1.82, 2.24) is 4.90 Å². The average molecular weight is 382 g/mol. The summed E-state index contributed by atoms with van der Waals surface area (Å²) in [5.74, 6) is 0.598. The number of hydrogen-bond acceptors (Lipinski definition) is 3. The number of nitrogens with zero attached hydrogens (tertiary/aromatic N) is 1.